The third-order valence-corrected chi connectivity index (χ3v) is 2.47. The standard InChI is InChI=1S/C9H10ClN.ClH/c10-7-3-1-6-2-4-9(11)8(6)5-7;/h1,3,5,9H,2,4,11H2;1H. The van der Waals surface area contributed by atoms with Gasteiger partial charge in [-0.15, -0.1) is 12.4 Å². The molecule has 0 radical (unpaired) electrons. The molecule has 0 saturated heterocycles. The van der Waals surface area contributed by atoms with Crippen LogP contribution in [0.4, 0.5) is 0 Å². The molecule has 1 atom stereocenters. The molecule has 12 heavy (non-hydrogen) atoms. The normalized spacial score (nSPS) is 20.0. The topological polar surface area (TPSA) is 26.0 Å². The van der Waals surface area contributed by atoms with Gasteiger partial charge in [0.25, 0.3) is 0 Å². The number of rotatable bonds is 0. The van der Waals surface area contributed by atoms with Crippen LogP contribution in [-0.2, 0) is 6.42 Å². The minimum atomic E-state index is 0. The molecule has 3 heteroatoms. The van der Waals surface area contributed by atoms with Crippen LogP contribution in [0.2, 0.25) is 5.02 Å². The second-order valence-corrected chi connectivity index (χ2v) is 3.42. The van der Waals surface area contributed by atoms with Crippen molar-refractivity contribution < 1.29 is 0 Å². The Labute approximate surface area is 83.3 Å². The molecular weight excluding hydrogens is 193 g/mol. The summed E-state index contributed by atoms with van der Waals surface area (Å²) in [5.41, 5.74) is 8.45. The number of hydrogen-bond donors (Lipinski definition) is 1. The molecular formula is C9H11Cl2N. The van der Waals surface area contributed by atoms with Crippen molar-refractivity contribution in [2.24, 2.45) is 5.73 Å². The highest BCUT2D eigenvalue weighted by molar-refractivity contribution is 6.30. The molecule has 1 unspecified atom stereocenters. The molecule has 2 rings (SSSR count). The van der Waals surface area contributed by atoms with E-state index in [1.165, 1.54) is 11.1 Å². The molecule has 0 spiro atoms. The Morgan fingerprint density at radius 3 is 2.92 bits per heavy atom. The third-order valence-electron chi connectivity index (χ3n) is 2.23. The van der Waals surface area contributed by atoms with Gasteiger partial charge in [-0.3, -0.25) is 0 Å². The quantitative estimate of drug-likeness (QED) is 0.690. The van der Waals surface area contributed by atoms with Crippen molar-refractivity contribution in [1.82, 2.24) is 0 Å². The summed E-state index contributed by atoms with van der Waals surface area (Å²) in [6, 6.07) is 6.20. The van der Waals surface area contributed by atoms with Gasteiger partial charge in [-0.25, -0.2) is 0 Å². The second kappa shape index (κ2) is 3.65. The predicted molar refractivity (Wildman–Crippen MR) is 53.9 cm³/mol. The van der Waals surface area contributed by atoms with E-state index in [9.17, 15) is 0 Å². The molecule has 0 aliphatic heterocycles. The van der Waals surface area contributed by atoms with Gasteiger partial charge in [0.2, 0.25) is 0 Å². The maximum absolute atomic E-state index is 5.86. The van der Waals surface area contributed by atoms with Crippen molar-refractivity contribution in [3.63, 3.8) is 0 Å². The Bertz CT molecular complexity index is 286. The first-order valence-corrected chi connectivity index (χ1v) is 4.19. The smallest absolute Gasteiger partial charge is 0.0409 e. The largest absolute Gasteiger partial charge is 0.324 e. The Morgan fingerprint density at radius 1 is 1.42 bits per heavy atom. The van der Waals surface area contributed by atoms with Crippen molar-refractivity contribution in [1.29, 1.82) is 0 Å². The molecule has 0 fully saturated rings. The van der Waals surface area contributed by atoms with Crippen molar-refractivity contribution in [2.75, 3.05) is 0 Å². The van der Waals surface area contributed by atoms with Gasteiger partial charge in [-0.1, -0.05) is 17.7 Å². The van der Waals surface area contributed by atoms with Crippen molar-refractivity contribution in [3.8, 4) is 0 Å². The number of benzene rings is 1. The van der Waals surface area contributed by atoms with Gasteiger partial charge in [-0.05, 0) is 36.1 Å². The summed E-state index contributed by atoms with van der Waals surface area (Å²) >= 11 is 5.83. The van der Waals surface area contributed by atoms with Crippen LogP contribution in [0.25, 0.3) is 0 Å². The summed E-state index contributed by atoms with van der Waals surface area (Å²) in [5, 5.41) is 0.793. The first kappa shape index (κ1) is 9.85. The molecule has 0 saturated carbocycles. The highest BCUT2D eigenvalue weighted by Crippen LogP contribution is 2.30. The average Bonchev–Trinajstić information content (AvgIpc) is 2.33. The number of halogens is 2. The van der Waals surface area contributed by atoms with Gasteiger partial charge < -0.3 is 5.73 Å². The zero-order valence-corrected chi connectivity index (χ0v) is 8.16. The van der Waals surface area contributed by atoms with Crippen LogP contribution in [0.5, 0.6) is 0 Å². The van der Waals surface area contributed by atoms with E-state index in [1.54, 1.807) is 0 Å². The van der Waals surface area contributed by atoms with Crippen molar-refractivity contribution in [2.45, 2.75) is 18.9 Å². The van der Waals surface area contributed by atoms with Crippen LogP contribution in [0.15, 0.2) is 18.2 Å². The van der Waals surface area contributed by atoms with Gasteiger partial charge >= 0.3 is 0 Å². The van der Waals surface area contributed by atoms with E-state index in [1.807, 2.05) is 12.1 Å². The maximum atomic E-state index is 5.86. The SMILES string of the molecule is Cl.NC1CCc2ccc(Cl)cc21. The molecule has 2 N–H and O–H groups in total. The van der Waals surface area contributed by atoms with E-state index >= 15 is 0 Å². The lowest BCUT2D eigenvalue weighted by Crippen LogP contribution is -2.04. The van der Waals surface area contributed by atoms with Crippen LogP contribution in [-0.4, -0.2) is 0 Å². The maximum Gasteiger partial charge on any atom is 0.0409 e. The Kier molecular flexibility index (Phi) is 2.99. The first-order chi connectivity index (χ1) is 5.27. The molecule has 0 bridgehead atoms. The molecule has 1 aromatic carbocycles. The van der Waals surface area contributed by atoms with E-state index < -0.39 is 0 Å². The summed E-state index contributed by atoms with van der Waals surface area (Å²) in [7, 11) is 0. The van der Waals surface area contributed by atoms with Gasteiger partial charge in [0.1, 0.15) is 0 Å². The van der Waals surface area contributed by atoms with Gasteiger partial charge in [0.05, 0.1) is 0 Å². The van der Waals surface area contributed by atoms with Gasteiger partial charge in [0.15, 0.2) is 0 Å². The molecule has 66 valence electrons. The Morgan fingerprint density at radius 2 is 2.17 bits per heavy atom. The molecule has 0 aromatic heterocycles. The van der Waals surface area contributed by atoms with E-state index in [0.717, 1.165) is 17.9 Å². The van der Waals surface area contributed by atoms with Crippen molar-refractivity contribution >= 4 is 24.0 Å². The molecule has 1 aliphatic rings. The average molecular weight is 204 g/mol. The summed E-state index contributed by atoms with van der Waals surface area (Å²) in [5.74, 6) is 0. The zero-order valence-electron chi connectivity index (χ0n) is 6.59. The molecule has 0 heterocycles. The number of fused-ring (bicyclic) bond motifs is 1. The van der Waals surface area contributed by atoms with E-state index in [2.05, 4.69) is 6.07 Å². The summed E-state index contributed by atoms with van der Waals surface area (Å²) in [4.78, 5) is 0. The monoisotopic (exact) mass is 203 g/mol. The molecule has 1 aromatic rings. The number of hydrogen-bond acceptors (Lipinski definition) is 1. The number of aryl methyl sites for hydroxylation is 1. The van der Waals surface area contributed by atoms with Crippen molar-refractivity contribution in [3.05, 3.63) is 34.3 Å². The lowest BCUT2D eigenvalue weighted by atomic mass is 10.1. The minimum Gasteiger partial charge on any atom is -0.324 e. The van der Waals surface area contributed by atoms with Crippen LogP contribution >= 0.6 is 24.0 Å². The lowest BCUT2D eigenvalue weighted by molar-refractivity contribution is 0.713. The summed E-state index contributed by atoms with van der Waals surface area (Å²) < 4.78 is 0. The zero-order chi connectivity index (χ0) is 7.84. The Balaban J connectivity index is 0.000000720. The fourth-order valence-electron chi connectivity index (χ4n) is 1.61. The fraction of sp³-hybridized carbons (Fsp3) is 0.333. The predicted octanol–water partition coefficient (Wildman–Crippen LogP) is 2.71. The second-order valence-electron chi connectivity index (χ2n) is 2.99. The van der Waals surface area contributed by atoms with E-state index in [4.69, 9.17) is 17.3 Å². The van der Waals surface area contributed by atoms with Gasteiger partial charge in [0, 0.05) is 11.1 Å². The first-order valence-electron chi connectivity index (χ1n) is 3.81. The highest BCUT2D eigenvalue weighted by atomic mass is 35.5. The molecule has 0 amide bonds. The third kappa shape index (κ3) is 1.58. The summed E-state index contributed by atoms with van der Waals surface area (Å²) in [6.07, 6.45) is 2.17. The Hall–Kier alpha value is -0.240. The van der Waals surface area contributed by atoms with Crippen LogP contribution in [0.1, 0.15) is 23.6 Å². The fourth-order valence-corrected chi connectivity index (χ4v) is 1.79. The van der Waals surface area contributed by atoms with Crippen LogP contribution < -0.4 is 5.73 Å². The highest BCUT2D eigenvalue weighted by Gasteiger charge is 2.18. The summed E-state index contributed by atoms with van der Waals surface area (Å²) in [6.45, 7) is 0. The van der Waals surface area contributed by atoms with E-state index in [-0.39, 0.29) is 18.4 Å². The van der Waals surface area contributed by atoms with E-state index in [0.29, 0.717) is 0 Å². The molecule has 1 nitrogen and oxygen atoms in total. The van der Waals surface area contributed by atoms with Crippen LogP contribution in [0, 0.1) is 0 Å². The van der Waals surface area contributed by atoms with Crippen LogP contribution in [0.3, 0.4) is 0 Å². The minimum absolute atomic E-state index is 0. The lowest BCUT2D eigenvalue weighted by Gasteiger charge is -2.03. The molecule has 1 aliphatic carbocycles. The number of nitrogens with two attached hydrogens (primary N) is 1. The van der Waals surface area contributed by atoms with Gasteiger partial charge in [-0.2, -0.15) is 0 Å².